The number of hydrogen-bond donors (Lipinski definition) is 0. The van der Waals surface area contributed by atoms with Gasteiger partial charge in [0.2, 0.25) is 0 Å². The highest BCUT2D eigenvalue weighted by atomic mass is 32.2. The van der Waals surface area contributed by atoms with Crippen LogP contribution in [-0.4, -0.2) is 145 Å². The summed E-state index contributed by atoms with van der Waals surface area (Å²) in [5, 5.41) is 1.05. The van der Waals surface area contributed by atoms with Crippen LogP contribution in [0.3, 0.4) is 0 Å². The number of thioether (sulfide) groups is 1. The Morgan fingerprint density at radius 3 is 0.796 bits per heavy atom. The average molecular weight is 1400 g/mol. The van der Waals surface area contributed by atoms with Crippen molar-refractivity contribution in [2.24, 2.45) is 107 Å². The predicted octanol–water partition coefficient (Wildman–Crippen LogP) is 17.5. The smallest absolute Gasteiger partial charge is 0.427 e. The molecule has 12 aliphatic heterocycles. The van der Waals surface area contributed by atoms with E-state index in [-0.39, 0.29) is 120 Å². The summed E-state index contributed by atoms with van der Waals surface area (Å²) in [6, 6.07) is 0. The fourth-order valence-corrected chi connectivity index (χ4v) is 26.0. The molecule has 0 radical (unpaired) electrons. The lowest BCUT2D eigenvalue weighted by molar-refractivity contribution is -0.00113. The molecule has 0 N–H and O–H groups in total. The molecule has 0 aromatic carbocycles. The second-order valence-corrected chi connectivity index (χ2v) is 32.0. The Morgan fingerprint density at radius 2 is 0.490 bits per heavy atom. The number of carbonyl (C=O) groups is 6. The Morgan fingerprint density at radius 1 is 0.255 bits per heavy atom. The van der Waals surface area contributed by atoms with E-state index in [0.717, 1.165) is 72.0 Å². The molecule has 98 heavy (non-hydrogen) atoms. The lowest BCUT2D eigenvalue weighted by Gasteiger charge is -2.38. The first-order chi connectivity index (χ1) is 46.3. The third-order valence-corrected chi connectivity index (χ3v) is 28.1. The Kier molecular flexibility index (Phi) is 24.9. The number of ether oxygens (including phenoxy) is 14. The highest BCUT2D eigenvalue weighted by Crippen LogP contribution is 2.71. The maximum absolute atomic E-state index is 11.2. The molecule has 21 heteroatoms. The van der Waals surface area contributed by atoms with Crippen molar-refractivity contribution in [1.29, 1.82) is 0 Å². The van der Waals surface area contributed by atoms with Gasteiger partial charge in [-0.15, -0.1) is 11.8 Å². The van der Waals surface area contributed by atoms with E-state index >= 15 is 0 Å². The monoisotopic (exact) mass is 1400 g/mol. The van der Waals surface area contributed by atoms with E-state index < -0.39 is 36.9 Å². The maximum Gasteiger partial charge on any atom is 0.509 e. The summed E-state index contributed by atoms with van der Waals surface area (Å²) in [5.41, 5.74) is 0. The first-order valence-electron chi connectivity index (χ1n) is 38.5. The Labute approximate surface area is 589 Å². The van der Waals surface area contributed by atoms with Gasteiger partial charge in [0.25, 0.3) is 0 Å². The average Bonchev–Trinajstić information content (AvgIpc) is 1.54. The van der Waals surface area contributed by atoms with Gasteiger partial charge in [-0.2, -0.15) is 0 Å². The topological polar surface area (TPSA) is 232 Å². The molecule has 0 aromatic rings. The zero-order valence-corrected chi connectivity index (χ0v) is 59.3. The summed E-state index contributed by atoms with van der Waals surface area (Å²) in [7, 11) is 0. The maximum atomic E-state index is 11.2. The summed E-state index contributed by atoms with van der Waals surface area (Å²) in [5.74, 6) is 14.0. The Balaban J connectivity index is 0.000000123. The van der Waals surface area contributed by atoms with Crippen LogP contribution >= 0.6 is 11.8 Å². The van der Waals surface area contributed by atoms with Gasteiger partial charge in [-0.1, -0.05) is 118 Å². The summed E-state index contributed by atoms with van der Waals surface area (Å²) >= 11 is 1.92. The molecule has 20 nitrogen and oxygen atoms in total. The van der Waals surface area contributed by atoms with Crippen LogP contribution in [0, 0.1) is 107 Å². The van der Waals surface area contributed by atoms with Crippen LogP contribution in [0.5, 0.6) is 0 Å². The van der Waals surface area contributed by atoms with Crippen molar-refractivity contribution < 1.29 is 95.1 Å². The van der Waals surface area contributed by atoms with E-state index in [1.807, 2.05) is 67.2 Å². The molecule has 0 amide bonds. The van der Waals surface area contributed by atoms with Crippen molar-refractivity contribution in [1.82, 2.24) is 0 Å². The summed E-state index contributed by atoms with van der Waals surface area (Å²) < 4.78 is 73.6. The van der Waals surface area contributed by atoms with Gasteiger partial charge in [0, 0.05) is 46.0 Å². The fraction of sp³-hybridized carbons (Fsp3) is 0.922. The molecule has 0 spiro atoms. The zero-order valence-electron chi connectivity index (χ0n) is 58.5. The van der Waals surface area contributed by atoms with Gasteiger partial charge in [-0.3, -0.25) is 0 Å². The van der Waals surface area contributed by atoms with Gasteiger partial charge in [0.05, 0.1) is 12.2 Å². The van der Waals surface area contributed by atoms with Crippen LogP contribution in [0.4, 0.5) is 28.8 Å². The molecule has 0 aromatic heterocycles. The Bertz CT molecular complexity index is 2300. The van der Waals surface area contributed by atoms with Crippen molar-refractivity contribution >= 4 is 48.7 Å². The van der Waals surface area contributed by atoms with Gasteiger partial charge < -0.3 is 66.3 Å². The van der Waals surface area contributed by atoms with Crippen molar-refractivity contribution in [3.05, 3.63) is 0 Å². The molecule has 18 bridgehead atoms. The van der Waals surface area contributed by atoms with Crippen LogP contribution in [0.15, 0.2) is 0 Å². The van der Waals surface area contributed by atoms with Crippen molar-refractivity contribution in [2.75, 3.05) is 0 Å². The van der Waals surface area contributed by atoms with E-state index in [1.165, 1.54) is 116 Å². The Hall–Kier alpha value is -4.11. The molecule has 12 aliphatic carbocycles. The largest absolute Gasteiger partial charge is 0.509 e. The molecule has 24 fully saturated rings. The fourth-order valence-electron chi connectivity index (χ4n) is 24.3. The minimum absolute atomic E-state index is 0. The number of rotatable bonds is 0. The minimum Gasteiger partial charge on any atom is -0.427 e. The number of fused-ring (bicyclic) bond motifs is 51. The zero-order chi connectivity index (χ0) is 67.0. The first-order valence-corrected chi connectivity index (χ1v) is 39.5. The molecule has 558 valence electrons. The second-order valence-electron chi connectivity index (χ2n) is 30.5. The van der Waals surface area contributed by atoms with E-state index in [1.54, 1.807) is 0 Å². The predicted molar refractivity (Wildman–Crippen MR) is 367 cm³/mol. The summed E-state index contributed by atoms with van der Waals surface area (Å²) in [6.45, 7) is 24.5. The van der Waals surface area contributed by atoms with Crippen LogP contribution in [0.25, 0.3) is 0 Å². The van der Waals surface area contributed by atoms with Gasteiger partial charge in [0.1, 0.15) is 48.8 Å². The van der Waals surface area contributed by atoms with Crippen LogP contribution < -0.4 is 0 Å². The standard InChI is InChI=1S/2C13H16O3.C12H14O4.C8H10O3.C7H8O4.C7H8O3S.2C3H8.4C2H6.3CH4/c2*14-13-15-11-7-4-8(12(11)16-13)10-6-2-1-5(3-6)9(7)10;13-12-15-10-8-6-4-1-2-5(3-4)7(6)9(14-8)11(10)16-12;9-8-10-6-4-1-2-5(3-4)7(6)11-8;8-7-10-5-3-1-2-4(9-3)6(5)11-7;8-7-9-5-3-1-2-4(11-3)6(5)10-7;2*1-3-2;4*1-2;;;/h2*5-12H,1-4H2;4-11H,1-3H2;4-7H,1-3H2;2*3-6H,1-2H2;2*3H2,1-2H3;4*1-2H3;3*1H4. The SMILES string of the molecule is C.C.C.CC.CC.CC.CC.CCC.CCC.O=C1OC2C(O1)C1OC2C2C3CCC(C3)C12.O=C1OC2C3CC(C2O1)C1C2CCC(C2)C31.O=C1OC2C3CC(C2O1)C1C2CCC(C2)C31.O=C1OC2C3CCC(C3)C2O1.O=C1OC2C3CCC(O3)C2O1.O=C1OC2C3CCC(S3)C2O1. The van der Waals surface area contributed by atoms with Crippen LogP contribution in [-0.2, 0) is 66.3 Å². The molecular formula is C77H124O20S. The van der Waals surface area contributed by atoms with Gasteiger partial charge in [0.15, 0.2) is 36.6 Å². The van der Waals surface area contributed by atoms with Crippen molar-refractivity contribution in [3.8, 4) is 0 Å². The molecular weight excluding hydrogens is 1280 g/mol. The van der Waals surface area contributed by atoms with Crippen molar-refractivity contribution in [3.63, 3.8) is 0 Å². The summed E-state index contributed by atoms with van der Waals surface area (Å²) in [6.07, 6.45) is 24.0. The lowest BCUT2D eigenvalue weighted by Crippen LogP contribution is -2.47. The van der Waals surface area contributed by atoms with E-state index in [0.29, 0.717) is 57.8 Å². The highest BCUT2D eigenvalue weighted by Gasteiger charge is 2.73. The highest BCUT2D eigenvalue weighted by molar-refractivity contribution is 8.01. The third-order valence-electron chi connectivity index (χ3n) is 26.4. The van der Waals surface area contributed by atoms with E-state index in [4.69, 9.17) is 66.3 Å². The van der Waals surface area contributed by atoms with Crippen LogP contribution in [0.1, 0.15) is 234 Å². The van der Waals surface area contributed by atoms with Crippen LogP contribution in [0.2, 0.25) is 0 Å². The minimum atomic E-state index is -0.528. The molecule has 12 saturated carbocycles. The normalized spacial score (nSPS) is 49.7. The van der Waals surface area contributed by atoms with Crippen molar-refractivity contribution in [2.45, 2.75) is 342 Å². The summed E-state index contributed by atoms with van der Waals surface area (Å²) in [4.78, 5) is 65.8. The molecule has 12 heterocycles. The molecule has 36 atom stereocenters. The number of carbonyl (C=O) groups excluding carboxylic acids is 6. The third kappa shape index (κ3) is 13.0. The lowest BCUT2D eigenvalue weighted by atomic mass is 9.69. The first kappa shape index (κ1) is 76.5. The van der Waals surface area contributed by atoms with Gasteiger partial charge in [-0.25, -0.2) is 28.8 Å². The molecule has 24 aliphatic rings. The van der Waals surface area contributed by atoms with Gasteiger partial charge in [-0.05, 0) is 187 Å². The quantitative estimate of drug-likeness (QED) is 0.125. The van der Waals surface area contributed by atoms with Gasteiger partial charge >= 0.3 is 36.9 Å². The van der Waals surface area contributed by atoms with E-state index in [9.17, 15) is 28.8 Å². The second kappa shape index (κ2) is 31.9. The number of hydrogen-bond acceptors (Lipinski definition) is 21. The molecule has 36 unspecified atom stereocenters. The molecule has 24 rings (SSSR count). The van der Waals surface area contributed by atoms with E-state index in [2.05, 4.69) is 27.7 Å². The molecule has 12 saturated heterocycles.